The first kappa shape index (κ1) is 20.9. The molecule has 0 bridgehead atoms. The molecule has 1 atom stereocenters. The van der Waals surface area contributed by atoms with E-state index in [1.807, 2.05) is 0 Å². The van der Waals surface area contributed by atoms with Gasteiger partial charge in [0.25, 0.3) is 0 Å². The van der Waals surface area contributed by atoms with E-state index in [1.54, 1.807) is 0 Å². The summed E-state index contributed by atoms with van der Waals surface area (Å²) < 4.78 is 5.89. The fraction of sp³-hybridized carbons (Fsp3) is 0.500. The van der Waals surface area contributed by atoms with Crippen LogP contribution in [0.4, 0.5) is 0 Å². The number of carbonyl (C=O) groups is 1. The summed E-state index contributed by atoms with van der Waals surface area (Å²) in [5.74, 6) is 2.00. The SMILES string of the molecule is CC(C)COc1ccc2c(c1)CCN(Cc1ccc([C@H](C)NC(=O)C3CC3)cc1)C2. The van der Waals surface area contributed by atoms with Crippen LogP contribution in [0.1, 0.15) is 61.9 Å². The van der Waals surface area contributed by atoms with Crippen molar-refractivity contribution >= 4 is 5.91 Å². The van der Waals surface area contributed by atoms with E-state index < -0.39 is 0 Å². The number of rotatable bonds is 8. The molecule has 1 N–H and O–H groups in total. The van der Waals surface area contributed by atoms with Crippen LogP contribution >= 0.6 is 0 Å². The Labute approximate surface area is 180 Å². The number of amides is 1. The van der Waals surface area contributed by atoms with Crippen LogP contribution < -0.4 is 10.1 Å². The van der Waals surface area contributed by atoms with E-state index in [1.165, 1.54) is 22.3 Å². The van der Waals surface area contributed by atoms with Crippen LogP contribution in [0.5, 0.6) is 5.75 Å². The molecule has 4 heteroatoms. The quantitative estimate of drug-likeness (QED) is 0.680. The molecule has 160 valence electrons. The van der Waals surface area contributed by atoms with Crippen molar-refractivity contribution in [1.82, 2.24) is 10.2 Å². The Morgan fingerprint density at radius 3 is 2.57 bits per heavy atom. The number of fused-ring (bicyclic) bond motifs is 1. The molecular weight excluding hydrogens is 372 g/mol. The maximum Gasteiger partial charge on any atom is 0.223 e. The van der Waals surface area contributed by atoms with Gasteiger partial charge >= 0.3 is 0 Å². The molecule has 2 aliphatic rings. The maximum absolute atomic E-state index is 12.0. The lowest BCUT2D eigenvalue weighted by molar-refractivity contribution is -0.122. The van der Waals surface area contributed by atoms with Gasteiger partial charge in [-0.25, -0.2) is 0 Å². The molecule has 1 saturated carbocycles. The van der Waals surface area contributed by atoms with Gasteiger partial charge in [-0.1, -0.05) is 44.2 Å². The minimum Gasteiger partial charge on any atom is -0.493 e. The van der Waals surface area contributed by atoms with E-state index in [0.717, 1.165) is 51.3 Å². The average Bonchev–Trinajstić information content (AvgIpc) is 3.58. The third kappa shape index (κ3) is 5.42. The van der Waals surface area contributed by atoms with Gasteiger partial charge in [0.1, 0.15) is 5.75 Å². The van der Waals surface area contributed by atoms with Gasteiger partial charge in [-0.05, 0) is 66.5 Å². The van der Waals surface area contributed by atoms with E-state index in [-0.39, 0.29) is 17.9 Å². The molecule has 4 nitrogen and oxygen atoms in total. The summed E-state index contributed by atoms with van der Waals surface area (Å²) in [6, 6.07) is 15.3. The molecule has 1 fully saturated rings. The minimum atomic E-state index is 0.0705. The van der Waals surface area contributed by atoms with Crippen LogP contribution in [0.3, 0.4) is 0 Å². The molecule has 1 heterocycles. The second-order valence-corrected chi connectivity index (χ2v) is 9.34. The Morgan fingerprint density at radius 1 is 1.10 bits per heavy atom. The highest BCUT2D eigenvalue weighted by molar-refractivity contribution is 5.81. The van der Waals surface area contributed by atoms with Crippen LogP contribution in [0.25, 0.3) is 0 Å². The fourth-order valence-corrected chi connectivity index (χ4v) is 4.01. The van der Waals surface area contributed by atoms with Gasteiger partial charge in [0.05, 0.1) is 12.6 Å². The highest BCUT2D eigenvalue weighted by atomic mass is 16.5. The highest BCUT2D eigenvalue weighted by Crippen LogP contribution is 2.30. The van der Waals surface area contributed by atoms with Crippen molar-refractivity contribution in [3.63, 3.8) is 0 Å². The van der Waals surface area contributed by atoms with Crippen LogP contribution in [0.15, 0.2) is 42.5 Å². The summed E-state index contributed by atoms with van der Waals surface area (Å²) in [5.41, 5.74) is 5.32. The van der Waals surface area contributed by atoms with E-state index in [2.05, 4.69) is 73.5 Å². The zero-order valence-corrected chi connectivity index (χ0v) is 18.5. The van der Waals surface area contributed by atoms with Crippen LogP contribution in [0, 0.1) is 11.8 Å². The number of hydrogen-bond donors (Lipinski definition) is 1. The summed E-state index contributed by atoms with van der Waals surface area (Å²) in [6.45, 7) is 10.2. The van der Waals surface area contributed by atoms with Gasteiger partial charge in [0.2, 0.25) is 5.91 Å². The third-order valence-electron chi connectivity index (χ3n) is 6.05. The van der Waals surface area contributed by atoms with Gasteiger partial charge in [-0.2, -0.15) is 0 Å². The smallest absolute Gasteiger partial charge is 0.223 e. The number of benzene rings is 2. The summed E-state index contributed by atoms with van der Waals surface area (Å²) >= 11 is 0. The molecule has 1 aliphatic heterocycles. The maximum atomic E-state index is 12.0. The molecule has 2 aromatic rings. The van der Waals surface area contributed by atoms with Crippen molar-refractivity contribution in [1.29, 1.82) is 0 Å². The van der Waals surface area contributed by atoms with Crippen molar-refractivity contribution in [2.24, 2.45) is 11.8 Å². The molecule has 30 heavy (non-hydrogen) atoms. The molecule has 0 aromatic heterocycles. The molecule has 0 unspecified atom stereocenters. The number of hydrogen-bond acceptors (Lipinski definition) is 3. The lowest BCUT2D eigenvalue weighted by atomic mass is 9.98. The van der Waals surface area contributed by atoms with Crippen molar-refractivity contribution in [2.75, 3.05) is 13.2 Å². The Bertz CT molecular complexity index is 871. The summed E-state index contributed by atoms with van der Waals surface area (Å²) in [4.78, 5) is 14.5. The Hall–Kier alpha value is -2.33. The lowest BCUT2D eigenvalue weighted by Crippen LogP contribution is -2.30. The van der Waals surface area contributed by atoms with Crippen molar-refractivity contribution < 1.29 is 9.53 Å². The number of ether oxygens (including phenoxy) is 1. The Morgan fingerprint density at radius 2 is 1.87 bits per heavy atom. The first-order valence-electron chi connectivity index (χ1n) is 11.3. The first-order chi connectivity index (χ1) is 14.5. The molecule has 1 amide bonds. The van der Waals surface area contributed by atoms with E-state index in [0.29, 0.717) is 5.92 Å². The molecule has 2 aromatic carbocycles. The van der Waals surface area contributed by atoms with Crippen molar-refractivity contribution in [2.45, 2.75) is 59.2 Å². The molecule has 0 spiro atoms. The lowest BCUT2D eigenvalue weighted by Gasteiger charge is -2.29. The van der Waals surface area contributed by atoms with E-state index in [4.69, 9.17) is 4.74 Å². The molecule has 0 saturated heterocycles. The zero-order chi connectivity index (χ0) is 21.1. The second-order valence-electron chi connectivity index (χ2n) is 9.34. The Balaban J connectivity index is 1.31. The topological polar surface area (TPSA) is 41.6 Å². The van der Waals surface area contributed by atoms with E-state index in [9.17, 15) is 4.79 Å². The van der Waals surface area contributed by atoms with Crippen LogP contribution in [0.2, 0.25) is 0 Å². The minimum absolute atomic E-state index is 0.0705. The third-order valence-corrected chi connectivity index (χ3v) is 6.05. The summed E-state index contributed by atoms with van der Waals surface area (Å²) in [7, 11) is 0. The molecule has 1 aliphatic carbocycles. The summed E-state index contributed by atoms with van der Waals surface area (Å²) in [5, 5.41) is 3.13. The molecule has 4 rings (SSSR count). The average molecular weight is 407 g/mol. The number of nitrogens with one attached hydrogen (secondary N) is 1. The molecule has 0 radical (unpaired) electrons. The van der Waals surface area contributed by atoms with Crippen molar-refractivity contribution in [3.8, 4) is 5.75 Å². The largest absolute Gasteiger partial charge is 0.493 e. The first-order valence-corrected chi connectivity index (χ1v) is 11.3. The van der Waals surface area contributed by atoms with Gasteiger partial charge in [0, 0.05) is 25.6 Å². The van der Waals surface area contributed by atoms with Gasteiger partial charge in [-0.15, -0.1) is 0 Å². The molecular formula is C26H34N2O2. The summed E-state index contributed by atoms with van der Waals surface area (Å²) in [6.07, 6.45) is 3.15. The number of nitrogens with zero attached hydrogens (tertiary/aromatic N) is 1. The Kier molecular flexibility index (Phi) is 6.43. The van der Waals surface area contributed by atoms with Gasteiger partial charge < -0.3 is 10.1 Å². The fourth-order valence-electron chi connectivity index (χ4n) is 4.01. The number of carbonyl (C=O) groups excluding carboxylic acids is 1. The zero-order valence-electron chi connectivity index (χ0n) is 18.5. The van der Waals surface area contributed by atoms with E-state index >= 15 is 0 Å². The standard InChI is InChI=1S/C26H34N2O2/c1-18(2)17-30-25-11-10-24-16-28(13-12-23(24)14-25)15-20-4-6-21(7-5-20)19(3)27-26(29)22-8-9-22/h4-7,10-11,14,18-19,22H,8-9,12-13,15-17H2,1-3H3,(H,27,29)/t19-/m0/s1. The monoisotopic (exact) mass is 406 g/mol. The van der Waals surface area contributed by atoms with Crippen LogP contribution in [-0.2, 0) is 24.3 Å². The highest BCUT2D eigenvalue weighted by Gasteiger charge is 2.30. The van der Waals surface area contributed by atoms with Crippen molar-refractivity contribution in [3.05, 3.63) is 64.7 Å². The predicted molar refractivity (Wildman–Crippen MR) is 120 cm³/mol. The van der Waals surface area contributed by atoms with Gasteiger partial charge in [0.15, 0.2) is 0 Å². The second kappa shape index (κ2) is 9.22. The normalized spacial score (nSPS) is 17.5. The predicted octanol–water partition coefficient (Wildman–Crippen LogP) is 4.87. The van der Waals surface area contributed by atoms with Crippen LogP contribution in [-0.4, -0.2) is 24.0 Å². The van der Waals surface area contributed by atoms with Gasteiger partial charge in [-0.3, -0.25) is 9.69 Å².